The van der Waals surface area contributed by atoms with Gasteiger partial charge in [-0.05, 0) is 0 Å². The van der Waals surface area contributed by atoms with Crippen LogP contribution in [0.2, 0.25) is 0 Å². The van der Waals surface area contributed by atoms with Gasteiger partial charge in [0.1, 0.15) is 42.4 Å². The highest BCUT2D eigenvalue weighted by atomic mass is 31.2. The number of nitrogens with two attached hydrogens (primary N) is 1. The number of rotatable bonds is 3. The van der Waals surface area contributed by atoms with E-state index in [0.717, 1.165) is 41.2 Å². The summed E-state index contributed by atoms with van der Waals surface area (Å²) in [6, 6.07) is 0.995. The Morgan fingerprint density at radius 2 is 1.62 bits per heavy atom. The summed E-state index contributed by atoms with van der Waals surface area (Å²) in [5.74, 6) is -0.0140. The van der Waals surface area contributed by atoms with E-state index in [1.54, 1.807) is 0 Å². The Labute approximate surface area is 250 Å². The molecule has 3 aliphatic rings. The van der Waals surface area contributed by atoms with Crippen LogP contribution in [-0.4, -0.2) is 86.1 Å². The van der Waals surface area contributed by atoms with Crippen molar-refractivity contribution in [2.75, 3.05) is 26.1 Å². The van der Waals surface area contributed by atoms with Crippen LogP contribution in [0.3, 0.4) is 0 Å². The number of phosphoric acid groups is 2. The first kappa shape index (κ1) is 34.8. The van der Waals surface area contributed by atoms with E-state index in [2.05, 4.69) is 15.0 Å². The highest BCUT2D eigenvalue weighted by Crippen LogP contribution is 2.51. The molecule has 2 unspecified atom stereocenters. The number of phosphoric ester groups is 2. The van der Waals surface area contributed by atoms with Crippen LogP contribution in [0.1, 0.15) is 12.5 Å². The summed E-state index contributed by atoms with van der Waals surface area (Å²) >= 11 is 0. The van der Waals surface area contributed by atoms with E-state index >= 15 is 4.39 Å². The number of nitrogen functional groups attached to an aromatic ring is 1. The number of hydrogen-bond donors (Lipinski definition) is 4. The first-order chi connectivity index (χ1) is 20.4. The van der Waals surface area contributed by atoms with Gasteiger partial charge in [0, 0.05) is 19.4 Å². The molecule has 0 bridgehead atoms. The van der Waals surface area contributed by atoms with Gasteiger partial charge in [0.2, 0.25) is 0 Å². The summed E-state index contributed by atoms with van der Waals surface area (Å²) in [7, 11) is -9.51. The number of H-pyrrole nitrogens is 1. The maximum atomic E-state index is 15.8. The van der Waals surface area contributed by atoms with Gasteiger partial charge in [0.15, 0.2) is 30.1 Å². The molecule has 0 aromatic carbocycles. The van der Waals surface area contributed by atoms with E-state index in [1.807, 2.05) is 4.98 Å². The molecule has 0 saturated carbocycles. The number of alkyl halides is 1. The van der Waals surface area contributed by atoms with E-state index in [-0.39, 0.29) is 29.3 Å². The molecule has 0 radical (unpaired) electrons. The molecule has 3 aliphatic heterocycles. The van der Waals surface area contributed by atoms with E-state index in [4.69, 9.17) is 38.0 Å². The van der Waals surface area contributed by atoms with Crippen LogP contribution in [0.5, 0.6) is 0 Å². The van der Waals surface area contributed by atoms with Crippen molar-refractivity contribution < 1.29 is 55.6 Å². The van der Waals surface area contributed by atoms with Gasteiger partial charge in [0.05, 0.1) is 19.5 Å². The molecule has 0 amide bonds. The number of fused-ring (bicyclic) bond motifs is 3. The molecule has 45 heavy (non-hydrogen) atoms. The lowest BCUT2D eigenvalue weighted by Gasteiger charge is -2.34. The number of methoxy groups -OCH3 is 1. The van der Waals surface area contributed by atoms with Crippen LogP contribution < -0.4 is 39.1 Å². The second-order valence-electron chi connectivity index (χ2n) is 9.50. The zero-order chi connectivity index (χ0) is 30.7. The zero-order valence-electron chi connectivity index (χ0n) is 23.7. The van der Waals surface area contributed by atoms with Crippen LogP contribution >= 0.6 is 15.6 Å². The van der Waals surface area contributed by atoms with Crippen molar-refractivity contribution in [2.24, 2.45) is 0 Å². The number of anilines is 1. The van der Waals surface area contributed by atoms with Gasteiger partial charge in [-0.1, -0.05) is 0 Å². The first-order valence-electron chi connectivity index (χ1n) is 12.4. The molecule has 0 spiro atoms. The molecule has 25 heteroatoms. The number of imidazole rings is 1. The van der Waals surface area contributed by atoms with Gasteiger partial charge in [-0.3, -0.25) is 28.0 Å². The highest BCUT2D eigenvalue weighted by molar-refractivity contribution is 7.46. The SMILES string of the molecule is CO[C@@H]1[C@@H]2OP(=O)([O-])OC[C@H]3O[C@@H](n4cnc5c(N)ncnc54)[C@H](F)[C@@H]3OP(=O)([O-])OC[C@H]2O[C@H]1n1ccc(=O)[nH]c1=O.[NH4+].[NH4+]. The monoisotopic (exact) mass is 685 g/mol. The third-order valence-electron chi connectivity index (χ3n) is 6.91. The molecule has 250 valence electrons. The Bertz CT molecular complexity index is 1740. The second-order valence-corrected chi connectivity index (χ2v) is 12.2. The van der Waals surface area contributed by atoms with Crippen LogP contribution in [0, 0.1) is 0 Å². The second kappa shape index (κ2) is 13.0. The Morgan fingerprint density at radius 1 is 1.00 bits per heavy atom. The van der Waals surface area contributed by atoms with E-state index in [9.17, 15) is 28.5 Å². The highest BCUT2D eigenvalue weighted by Gasteiger charge is 2.52. The lowest BCUT2D eigenvalue weighted by atomic mass is 10.1. The summed E-state index contributed by atoms with van der Waals surface area (Å²) in [6.45, 7) is -1.87. The smallest absolute Gasteiger partial charge is 0.330 e. The van der Waals surface area contributed by atoms with Crippen molar-refractivity contribution in [2.45, 2.75) is 49.1 Å². The molecule has 3 fully saturated rings. The van der Waals surface area contributed by atoms with Crippen molar-refractivity contribution >= 4 is 32.6 Å². The van der Waals surface area contributed by atoms with Crippen molar-refractivity contribution in [1.82, 2.24) is 41.4 Å². The van der Waals surface area contributed by atoms with Crippen molar-refractivity contribution in [3.8, 4) is 0 Å². The van der Waals surface area contributed by atoms with E-state index in [0.29, 0.717) is 0 Å². The fourth-order valence-corrected chi connectivity index (χ4v) is 6.88. The fraction of sp³-hybridized carbons (Fsp3) is 0.550. The minimum absolute atomic E-state index is 0. The number of nitrogens with one attached hydrogen (secondary N) is 1. The van der Waals surface area contributed by atoms with Crippen LogP contribution in [0.15, 0.2) is 34.5 Å². The molecular formula is C20H30FN9O13P2. The lowest BCUT2D eigenvalue weighted by Crippen LogP contribution is -2.41. The summed E-state index contributed by atoms with van der Waals surface area (Å²) in [5, 5.41) is 0. The summed E-state index contributed by atoms with van der Waals surface area (Å²) in [5.41, 5.74) is 4.27. The summed E-state index contributed by atoms with van der Waals surface area (Å²) in [6.07, 6.45) is -10.1. The number of quaternary nitrogens is 2. The average molecular weight is 685 g/mol. The van der Waals surface area contributed by atoms with Gasteiger partial charge in [-0.15, -0.1) is 0 Å². The Kier molecular flexibility index (Phi) is 10.1. The van der Waals surface area contributed by atoms with Crippen LogP contribution in [-0.2, 0) is 41.4 Å². The average Bonchev–Trinajstić information content (AvgIpc) is 3.60. The minimum atomic E-state index is -5.36. The Morgan fingerprint density at radius 3 is 2.27 bits per heavy atom. The predicted molar refractivity (Wildman–Crippen MR) is 143 cm³/mol. The predicted octanol–water partition coefficient (Wildman–Crippen LogP) is -1.39. The first-order valence-corrected chi connectivity index (χ1v) is 15.3. The number of aromatic nitrogens is 6. The summed E-state index contributed by atoms with van der Waals surface area (Å²) in [4.78, 5) is 63.5. The number of hydrogen-bond acceptors (Lipinski definition) is 17. The number of nitrogens with zero attached hydrogens (tertiary/aromatic N) is 5. The third-order valence-corrected chi connectivity index (χ3v) is 8.84. The van der Waals surface area contributed by atoms with Gasteiger partial charge in [0.25, 0.3) is 21.2 Å². The Balaban J connectivity index is 0.00000230. The number of halogens is 1. The molecule has 3 aromatic heterocycles. The normalized spacial score (nSPS) is 37.0. The number of aromatic amines is 1. The molecule has 10 atom stereocenters. The Hall–Kier alpha value is -3.02. The topological polar surface area (TPSA) is 342 Å². The van der Waals surface area contributed by atoms with E-state index in [1.165, 1.54) is 0 Å². The standard InChI is InChI=1S/C20H24FN7O13P2.2H3N/c1-35-15-14-9(39-19(15)27-3-2-10(29)26-20(27)30)5-37-42(31,32)40-13-8(4-36-43(33,34)41-14)38-18(11(13)21)28-7-25-12-16(22)23-6-24-17(12)28;;/h2-3,6-9,11,13-15,18-19H,4-5H2,1H3,(H,31,32)(H,33,34)(H2,22,23,24)(H,26,29,30);2*1H3/t8-,9-,11-,13-,14-,15-,18-,19-;;/m1../s1. The molecule has 3 saturated heterocycles. The molecule has 22 nitrogen and oxygen atoms in total. The molecule has 0 aliphatic carbocycles. The van der Waals surface area contributed by atoms with Gasteiger partial charge >= 0.3 is 5.69 Å². The van der Waals surface area contributed by atoms with Crippen LogP contribution in [0.25, 0.3) is 11.2 Å². The largest absolute Gasteiger partial charge is 0.756 e. The number of ether oxygens (including phenoxy) is 3. The molecular weight excluding hydrogens is 655 g/mol. The minimum Gasteiger partial charge on any atom is -0.756 e. The van der Waals surface area contributed by atoms with Gasteiger partial charge < -0.3 is 60.1 Å². The molecule has 3 aromatic rings. The third kappa shape index (κ3) is 6.62. The molecule has 11 N–H and O–H groups in total. The van der Waals surface area contributed by atoms with Gasteiger partial charge in [-0.25, -0.2) is 24.1 Å². The fourth-order valence-electron chi connectivity index (χ4n) is 4.99. The molecule has 6 rings (SSSR count). The van der Waals surface area contributed by atoms with Crippen molar-refractivity contribution in [1.29, 1.82) is 0 Å². The zero-order valence-corrected chi connectivity index (χ0v) is 25.5. The maximum Gasteiger partial charge on any atom is 0.330 e. The van der Waals surface area contributed by atoms with Crippen molar-refractivity contribution in [3.63, 3.8) is 0 Å². The lowest BCUT2D eigenvalue weighted by molar-refractivity contribution is -0.244. The van der Waals surface area contributed by atoms with Gasteiger partial charge in [-0.2, -0.15) is 0 Å². The maximum absolute atomic E-state index is 15.8. The van der Waals surface area contributed by atoms with Crippen LogP contribution in [0.4, 0.5) is 10.2 Å². The van der Waals surface area contributed by atoms with Crippen molar-refractivity contribution in [3.05, 3.63) is 45.8 Å². The quantitative estimate of drug-likeness (QED) is 0.231. The van der Waals surface area contributed by atoms with E-state index < -0.39 is 89.3 Å². The summed E-state index contributed by atoms with van der Waals surface area (Å²) < 4.78 is 80.3. The molecule has 6 heterocycles.